The molecule has 5 saturated heterocycles. The van der Waals surface area contributed by atoms with Gasteiger partial charge in [-0.05, 0) is 173 Å². The van der Waals surface area contributed by atoms with Crippen LogP contribution in [0.1, 0.15) is 217 Å². The molecule has 5 fully saturated rings. The van der Waals surface area contributed by atoms with Gasteiger partial charge in [-0.25, -0.2) is 0 Å². The molecule has 2 N–H and O–H groups in total. The van der Waals surface area contributed by atoms with Crippen LogP contribution in [0.5, 0.6) is 0 Å². The maximum atomic E-state index is 5.11. The SMILES string of the molecule is CC.CC.CC.CC.CC.CC(C)N.CC(C)N1CC1.CC(C)N1CCC1.CC(C)N1CCCC1.CC(C)N1CCCCC1.CC(C)N1CCCCCC1.[B]. The van der Waals surface area contributed by atoms with Crippen LogP contribution in [0.4, 0.5) is 0 Å². The summed E-state index contributed by atoms with van der Waals surface area (Å²) >= 11 is 0. The lowest BCUT2D eigenvalue weighted by molar-refractivity contribution is 0.138. The fraction of sp³-hybridized carbons (Fsp3) is 1.00. The molecule has 5 heterocycles. The van der Waals surface area contributed by atoms with E-state index in [2.05, 4.69) is 93.7 Å². The molecular weight excluding hydrogens is 671 g/mol. The molecule has 0 aromatic rings. The van der Waals surface area contributed by atoms with Gasteiger partial charge in [0.1, 0.15) is 0 Å². The van der Waals surface area contributed by atoms with Crippen LogP contribution in [-0.2, 0) is 0 Å². The maximum Gasteiger partial charge on any atom is 0.0113 e. The molecule has 5 aliphatic heterocycles. The third-order valence-corrected chi connectivity index (χ3v) is 9.20. The lowest BCUT2D eigenvalue weighted by Gasteiger charge is -2.34. The van der Waals surface area contributed by atoms with E-state index in [1.165, 1.54) is 130 Å². The number of nitrogens with two attached hydrogens (primary N) is 1. The smallest absolute Gasteiger partial charge is 0.0113 e. The van der Waals surface area contributed by atoms with Gasteiger partial charge in [0.15, 0.2) is 0 Å². The molecule has 0 aromatic heterocycles. The standard InChI is InChI=1S/C9H19N.C8H17N.C7H15N.C6H13N.C5H11N.C3H9N.5C2H6.B/c1-9(2)10-7-5-3-4-6-8-10;1-8(2)9-6-4-3-5-7-9;1-7(2)8-5-3-4-6-8;1-6(2)7-4-3-5-7;1-5(2)6-3-4-6;1-3(2)4;5*1-2;/h9H,3-8H2,1-2H3;8H,3-7H2,1-2H3;7H,3-6H2,1-2H3;6H,3-5H2,1-2H3;5H,3-4H2,1-2H3;3H,4H2,1-2H3;5*1-2H3;. The summed E-state index contributed by atoms with van der Waals surface area (Å²) in [5, 5.41) is 0. The van der Waals surface area contributed by atoms with Crippen molar-refractivity contribution in [2.75, 3.05) is 65.4 Å². The minimum Gasteiger partial charge on any atom is -0.328 e. The van der Waals surface area contributed by atoms with E-state index in [1.807, 2.05) is 83.1 Å². The fourth-order valence-corrected chi connectivity index (χ4v) is 5.74. The van der Waals surface area contributed by atoms with Crippen molar-refractivity contribution in [2.45, 2.75) is 253 Å². The average molecular weight is 786 g/mol. The van der Waals surface area contributed by atoms with Gasteiger partial charge in [-0.15, -0.1) is 0 Å². The summed E-state index contributed by atoms with van der Waals surface area (Å²) in [6, 6.07) is 4.22. The summed E-state index contributed by atoms with van der Waals surface area (Å²) in [5.41, 5.74) is 5.11. The summed E-state index contributed by atoms with van der Waals surface area (Å²) < 4.78 is 0. The lowest BCUT2D eigenvalue weighted by Crippen LogP contribution is -2.41. The van der Waals surface area contributed by atoms with E-state index in [9.17, 15) is 0 Å². The molecule has 3 radical (unpaired) electrons. The van der Waals surface area contributed by atoms with Gasteiger partial charge in [-0.1, -0.05) is 102 Å². The Morgan fingerprint density at radius 3 is 0.491 bits per heavy atom. The molecular formula is C48H114BN6. The van der Waals surface area contributed by atoms with E-state index < -0.39 is 0 Å². The Morgan fingerprint density at radius 2 is 0.382 bits per heavy atom. The second kappa shape index (κ2) is 53.8. The highest BCUT2D eigenvalue weighted by molar-refractivity contribution is 5.75. The normalized spacial score (nSPS) is 17.8. The summed E-state index contributed by atoms with van der Waals surface area (Å²) in [4.78, 5) is 12.6. The summed E-state index contributed by atoms with van der Waals surface area (Å²) in [6.07, 6.45) is 14.2. The van der Waals surface area contributed by atoms with Crippen LogP contribution < -0.4 is 5.73 Å². The van der Waals surface area contributed by atoms with Gasteiger partial charge in [-0.2, -0.15) is 0 Å². The van der Waals surface area contributed by atoms with Crippen LogP contribution in [0.3, 0.4) is 0 Å². The Kier molecular flexibility index (Phi) is 68.0. The second-order valence-electron chi connectivity index (χ2n) is 15.4. The van der Waals surface area contributed by atoms with Crippen molar-refractivity contribution in [2.24, 2.45) is 5.73 Å². The molecule has 0 aliphatic carbocycles. The molecule has 7 heteroatoms. The van der Waals surface area contributed by atoms with Crippen molar-refractivity contribution >= 4 is 8.41 Å². The van der Waals surface area contributed by atoms with Crippen LogP contribution in [0.15, 0.2) is 0 Å². The largest absolute Gasteiger partial charge is 0.328 e. The van der Waals surface area contributed by atoms with Crippen LogP contribution in [-0.4, -0.2) is 135 Å². The van der Waals surface area contributed by atoms with E-state index >= 15 is 0 Å². The molecule has 0 aromatic carbocycles. The average Bonchev–Trinajstić information content (AvgIpc) is 3.93. The Balaban J connectivity index is -0.0000000969. The topological polar surface area (TPSA) is 42.0 Å². The van der Waals surface area contributed by atoms with Gasteiger partial charge in [0, 0.05) is 51.7 Å². The van der Waals surface area contributed by atoms with Crippen LogP contribution >= 0.6 is 0 Å². The fourth-order valence-electron chi connectivity index (χ4n) is 5.74. The molecule has 5 rings (SSSR count). The number of nitrogens with zero attached hydrogens (tertiary/aromatic N) is 5. The van der Waals surface area contributed by atoms with Crippen molar-refractivity contribution in [1.29, 1.82) is 0 Å². The third-order valence-electron chi connectivity index (χ3n) is 9.20. The zero-order chi connectivity index (χ0) is 43.5. The van der Waals surface area contributed by atoms with E-state index in [-0.39, 0.29) is 8.41 Å². The Hall–Kier alpha value is -0.175. The quantitative estimate of drug-likeness (QED) is 0.221. The second-order valence-corrected chi connectivity index (χ2v) is 15.4. The van der Waals surface area contributed by atoms with Crippen molar-refractivity contribution in [3.8, 4) is 0 Å². The zero-order valence-electron chi connectivity index (χ0n) is 43.0. The number of hydrogen-bond acceptors (Lipinski definition) is 6. The summed E-state index contributed by atoms with van der Waals surface area (Å²) in [5.74, 6) is 0. The highest BCUT2D eigenvalue weighted by Gasteiger charge is 2.19. The highest BCUT2D eigenvalue weighted by Crippen LogP contribution is 2.13. The molecule has 5 aliphatic rings. The van der Waals surface area contributed by atoms with E-state index in [4.69, 9.17) is 5.73 Å². The van der Waals surface area contributed by atoms with Gasteiger partial charge in [0.25, 0.3) is 0 Å². The molecule has 339 valence electrons. The van der Waals surface area contributed by atoms with E-state index in [0.29, 0.717) is 6.04 Å². The first-order chi connectivity index (χ1) is 25.8. The van der Waals surface area contributed by atoms with Gasteiger partial charge in [-0.3, -0.25) is 4.90 Å². The number of piperidine rings is 1. The number of likely N-dealkylation sites (tertiary alicyclic amines) is 4. The van der Waals surface area contributed by atoms with Crippen molar-refractivity contribution in [3.63, 3.8) is 0 Å². The predicted molar refractivity (Wildman–Crippen MR) is 262 cm³/mol. The van der Waals surface area contributed by atoms with Gasteiger partial charge in [0.05, 0.1) is 0 Å². The first-order valence-electron chi connectivity index (χ1n) is 24.2. The van der Waals surface area contributed by atoms with Crippen molar-refractivity contribution in [1.82, 2.24) is 24.5 Å². The Bertz CT molecular complexity index is 599. The minimum absolute atomic E-state index is 0. The number of hydrogen-bond donors (Lipinski definition) is 1. The third kappa shape index (κ3) is 51.8. The molecule has 6 nitrogen and oxygen atoms in total. The Morgan fingerprint density at radius 1 is 0.255 bits per heavy atom. The van der Waals surface area contributed by atoms with E-state index in [1.54, 1.807) is 0 Å². The molecule has 0 saturated carbocycles. The zero-order valence-corrected chi connectivity index (χ0v) is 43.0. The maximum absolute atomic E-state index is 5.11. The first-order valence-corrected chi connectivity index (χ1v) is 24.2. The molecule has 55 heavy (non-hydrogen) atoms. The molecule has 0 unspecified atom stereocenters. The van der Waals surface area contributed by atoms with Crippen LogP contribution in [0, 0.1) is 0 Å². The summed E-state index contributed by atoms with van der Waals surface area (Å²) in [6.45, 7) is 59.9. The van der Waals surface area contributed by atoms with Crippen LogP contribution in [0.25, 0.3) is 0 Å². The van der Waals surface area contributed by atoms with E-state index in [0.717, 1.165) is 30.2 Å². The summed E-state index contributed by atoms with van der Waals surface area (Å²) in [7, 11) is 0. The predicted octanol–water partition coefficient (Wildman–Crippen LogP) is 12.6. The molecule has 0 amide bonds. The first kappa shape index (κ1) is 69.4. The van der Waals surface area contributed by atoms with Gasteiger partial charge in [0.2, 0.25) is 0 Å². The number of rotatable bonds is 5. The minimum atomic E-state index is 0. The van der Waals surface area contributed by atoms with Gasteiger partial charge < -0.3 is 25.3 Å². The van der Waals surface area contributed by atoms with Gasteiger partial charge >= 0.3 is 0 Å². The van der Waals surface area contributed by atoms with Crippen molar-refractivity contribution in [3.05, 3.63) is 0 Å². The molecule has 0 spiro atoms. The lowest BCUT2D eigenvalue weighted by atomic mass is 10.1. The molecule has 0 atom stereocenters. The van der Waals surface area contributed by atoms with Crippen molar-refractivity contribution < 1.29 is 0 Å². The monoisotopic (exact) mass is 786 g/mol. The Labute approximate surface area is 355 Å². The van der Waals surface area contributed by atoms with Crippen LogP contribution in [0.2, 0.25) is 0 Å². The molecule has 0 bridgehead atoms. The highest BCUT2D eigenvalue weighted by atomic mass is 15.3.